The fourth-order valence-electron chi connectivity index (χ4n) is 1.61. The molecule has 2 rings (SSSR count). The molecule has 0 aliphatic carbocycles. The van der Waals surface area contributed by atoms with Crippen LogP contribution in [0.3, 0.4) is 0 Å². The number of nitrogens with zero attached hydrogens (tertiary/aromatic N) is 3. The summed E-state index contributed by atoms with van der Waals surface area (Å²) in [6, 6.07) is 3.71. The van der Waals surface area contributed by atoms with Crippen molar-refractivity contribution in [3.05, 3.63) is 41.8 Å². The lowest BCUT2D eigenvalue weighted by Gasteiger charge is -2.02. The predicted octanol–water partition coefficient (Wildman–Crippen LogP) is 1.86. The second kappa shape index (κ2) is 5.54. The first-order chi connectivity index (χ1) is 8.29. The highest BCUT2D eigenvalue weighted by atomic mass is 16.5. The minimum Gasteiger partial charge on any atom is -0.338 e. The van der Waals surface area contributed by atoms with E-state index in [-0.39, 0.29) is 6.04 Å². The lowest BCUT2D eigenvalue weighted by Crippen LogP contribution is -2.10. The minimum absolute atomic E-state index is 0.157. The van der Waals surface area contributed by atoms with Crippen LogP contribution in [0.15, 0.2) is 29.0 Å². The van der Waals surface area contributed by atoms with Gasteiger partial charge >= 0.3 is 0 Å². The van der Waals surface area contributed by atoms with Crippen LogP contribution in [0.1, 0.15) is 43.1 Å². The second-order valence-corrected chi connectivity index (χ2v) is 3.98. The highest BCUT2D eigenvalue weighted by Crippen LogP contribution is 2.14. The zero-order valence-electron chi connectivity index (χ0n) is 9.84. The standard InChI is InChI=1S/C12H16N4O/c1-2-4-10(13)12-15-11(16-17-12)7-9-5-3-6-14-8-9/h3,5-6,8,10H,2,4,7,13H2,1H3/t10-/m0/s1. The van der Waals surface area contributed by atoms with Crippen molar-refractivity contribution in [3.8, 4) is 0 Å². The molecule has 0 fully saturated rings. The van der Waals surface area contributed by atoms with Gasteiger partial charge in [-0.25, -0.2) is 0 Å². The summed E-state index contributed by atoms with van der Waals surface area (Å²) in [4.78, 5) is 8.33. The molecule has 90 valence electrons. The maximum atomic E-state index is 5.90. The first kappa shape index (κ1) is 11.7. The predicted molar refractivity (Wildman–Crippen MR) is 63.2 cm³/mol. The maximum absolute atomic E-state index is 5.90. The molecule has 0 aliphatic rings. The topological polar surface area (TPSA) is 77.8 Å². The molecule has 0 bridgehead atoms. The van der Waals surface area contributed by atoms with Crippen molar-refractivity contribution in [2.45, 2.75) is 32.2 Å². The van der Waals surface area contributed by atoms with Crippen molar-refractivity contribution in [2.24, 2.45) is 5.73 Å². The van der Waals surface area contributed by atoms with Crippen molar-refractivity contribution in [3.63, 3.8) is 0 Å². The van der Waals surface area contributed by atoms with Crippen LogP contribution in [0.5, 0.6) is 0 Å². The van der Waals surface area contributed by atoms with Crippen molar-refractivity contribution in [1.29, 1.82) is 0 Å². The van der Waals surface area contributed by atoms with Crippen LogP contribution in [-0.2, 0) is 6.42 Å². The van der Waals surface area contributed by atoms with E-state index < -0.39 is 0 Å². The van der Waals surface area contributed by atoms with E-state index in [0.717, 1.165) is 18.4 Å². The number of nitrogens with two attached hydrogens (primary N) is 1. The summed E-state index contributed by atoms with van der Waals surface area (Å²) in [6.07, 6.45) is 6.01. The average Bonchev–Trinajstić information content (AvgIpc) is 2.79. The molecule has 0 saturated carbocycles. The van der Waals surface area contributed by atoms with Crippen LogP contribution in [0.2, 0.25) is 0 Å². The normalized spacial score (nSPS) is 12.6. The molecule has 2 aromatic heterocycles. The average molecular weight is 232 g/mol. The Hall–Kier alpha value is -1.75. The molecule has 0 unspecified atom stereocenters. The Balaban J connectivity index is 2.04. The van der Waals surface area contributed by atoms with E-state index in [1.54, 1.807) is 12.4 Å². The minimum atomic E-state index is -0.157. The van der Waals surface area contributed by atoms with E-state index in [2.05, 4.69) is 22.0 Å². The molecule has 1 atom stereocenters. The van der Waals surface area contributed by atoms with Gasteiger partial charge in [-0.3, -0.25) is 4.98 Å². The first-order valence-corrected chi connectivity index (χ1v) is 5.76. The van der Waals surface area contributed by atoms with Crippen molar-refractivity contribution in [2.75, 3.05) is 0 Å². The fraction of sp³-hybridized carbons (Fsp3) is 0.417. The molecular weight excluding hydrogens is 216 g/mol. The largest absolute Gasteiger partial charge is 0.338 e. The van der Waals surface area contributed by atoms with E-state index in [1.165, 1.54) is 0 Å². The highest BCUT2D eigenvalue weighted by Gasteiger charge is 2.13. The molecule has 0 amide bonds. The van der Waals surface area contributed by atoms with Gasteiger partial charge in [-0.05, 0) is 18.1 Å². The van der Waals surface area contributed by atoms with Gasteiger partial charge in [0.25, 0.3) is 0 Å². The Kier molecular flexibility index (Phi) is 3.82. The lowest BCUT2D eigenvalue weighted by atomic mass is 10.2. The number of rotatable bonds is 5. The molecule has 0 radical (unpaired) electrons. The summed E-state index contributed by atoms with van der Waals surface area (Å²) in [5.74, 6) is 1.17. The SMILES string of the molecule is CCC[C@H](N)c1nc(Cc2cccnc2)no1. The third kappa shape index (κ3) is 3.10. The summed E-state index contributed by atoms with van der Waals surface area (Å²) >= 11 is 0. The highest BCUT2D eigenvalue weighted by molar-refractivity contribution is 5.13. The quantitative estimate of drug-likeness (QED) is 0.851. The Morgan fingerprint density at radius 3 is 3.06 bits per heavy atom. The van der Waals surface area contributed by atoms with E-state index in [9.17, 15) is 0 Å². The molecule has 0 spiro atoms. The van der Waals surface area contributed by atoms with Gasteiger partial charge in [-0.1, -0.05) is 24.6 Å². The van der Waals surface area contributed by atoms with Crippen LogP contribution in [0.4, 0.5) is 0 Å². The number of hydrogen-bond donors (Lipinski definition) is 1. The molecule has 17 heavy (non-hydrogen) atoms. The first-order valence-electron chi connectivity index (χ1n) is 5.76. The Bertz CT molecular complexity index is 455. The number of hydrogen-bond acceptors (Lipinski definition) is 5. The van der Waals surface area contributed by atoms with Gasteiger partial charge in [0.05, 0.1) is 6.04 Å². The van der Waals surface area contributed by atoms with Crippen LogP contribution in [0, 0.1) is 0 Å². The molecule has 5 nitrogen and oxygen atoms in total. The molecule has 0 aliphatic heterocycles. The van der Waals surface area contributed by atoms with E-state index in [1.807, 2.05) is 12.1 Å². The van der Waals surface area contributed by atoms with Crippen molar-refractivity contribution >= 4 is 0 Å². The zero-order valence-corrected chi connectivity index (χ0v) is 9.84. The smallest absolute Gasteiger partial charge is 0.243 e. The Morgan fingerprint density at radius 1 is 1.47 bits per heavy atom. The summed E-state index contributed by atoms with van der Waals surface area (Å²) in [5, 5.41) is 3.92. The maximum Gasteiger partial charge on any atom is 0.243 e. The second-order valence-electron chi connectivity index (χ2n) is 3.98. The molecule has 0 saturated heterocycles. The van der Waals surface area contributed by atoms with Crippen LogP contribution < -0.4 is 5.73 Å². The van der Waals surface area contributed by atoms with Crippen LogP contribution >= 0.6 is 0 Å². The van der Waals surface area contributed by atoms with Crippen LogP contribution in [-0.4, -0.2) is 15.1 Å². The van der Waals surface area contributed by atoms with Gasteiger partial charge in [-0.2, -0.15) is 4.98 Å². The third-order valence-corrected chi connectivity index (χ3v) is 2.49. The lowest BCUT2D eigenvalue weighted by molar-refractivity contribution is 0.345. The number of aromatic nitrogens is 3. The van der Waals surface area contributed by atoms with Gasteiger partial charge in [-0.15, -0.1) is 0 Å². The monoisotopic (exact) mass is 232 g/mol. The zero-order chi connectivity index (χ0) is 12.1. The molecule has 2 N–H and O–H groups in total. The van der Waals surface area contributed by atoms with Crippen molar-refractivity contribution in [1.82, 2.24) is 15.1 Å². The fourth-order valence-corrected chi connectivity index (χ4v) is 1.61. The van der Waals surface area contributed by atoms with Gasteiger partial charge in [0.2, 0.25) is 5.89 Å². The van der Waals surface area contributed by atoms with Gasteiger partial charge in [0, 0.05) is 18.8 Å². The summed E-state index contributed by atoms with van der Waals surface area (Å²) in [5.41, 5.74) is 6.96. The van der Waals surface area contributed by atoms with Gasteiger partial charge < -0.3 is 10.3 Å². The summed E-state index contributed by atoms with van der Waals surface area (Å²) in [7, 11) is 0. The Labute approximate surface area is 100 Å². The van der Waals surface area contributed by atoms with Gasteiger partial charge in [0.15, 0.2) is 5.82 Å². The van der Waals surface area contributed by atoms with Crippen molar-refractivity contribution < 1.29 is 4.52 Å². The van der Waals surface area contributed by atoms with E-state index in [0.29, 0.717) is 18.1 Å². The van der Waals surface area contributed by atoms with Crippen LogP contribution in [0.25, 0.3) is 0 Å². The van der Waals surface area contributed by atoms with E-state index in [4.69, 9.17) is 10.3 Å². The Morgan fingerprint density at radius 2 is 2.35 bits per heavy atom. The molecule has 0 aromatic carbocycles. The summed E-state index contributed by atoms with van der Waals surface area (Å²) < 4.78 is 5.14. The molecular formula is C12H16N4O. The summed E-state index contributed by atoms with van der Waals surface area (Å²) in [6.45, 7) is 2.08. The van der Waals surface area contributed by atoms with E-state index >= 15 is 0 Å². The third-order valence-electron chi connectivity index (χ3n) is 2.49. The molecule has 2 aromatic rings. The molecule has 2 heterocycles. The number of pyridine rings is 1. The van der Waals surface area contributed by atoms with Gasteiger partial charge in [0.1, 0.15) is 0 Å². The molecule has 5 heteroatoms.